The van der Waals surface area contributed by atoms with Crippen molar-refractivity contribution >= 4 is 27.7 Å². The predicted octanol–water partition coefficient (Wildman–Crippen LogP) is 1.44. The lowest BCUT2D eigenvalue weighted by Crippen LogP contribution is -2.19. The summed E-state index contributed by atoms with van der Waals surface area (Å²) >= 11 is 3.52. The summed E-state index contributed by atoms with van der Waals surface area (Å²) in [5.74, 6) is -0.0507. The molecule has 0 aromatic heterocycles. The molecule has 5 heteroatoms. The van der Waals surface area contributed by atoms with Gasteiger partial charge in [0.1, 0.15) is 5.84 Å². The monoisotopic (exact) mass is 268 g/mol. The van der Waals surface area contributed by atoms with E-state index in [9.17, 15) is 0 Å². The molecule has 0 radical (unpaired) electrons. The van der Waals surface area contributed by atoms with Crippen LogP contribution in [0.25, 0.3) is 0 Å². The van der Waals surface area contributed by atoms with Crippen molar-refractivity contribution in [3.05, 3.63) is 36.0 Å². The molecule has 0 amide bonds. The molecule has 1 rings (SSSR count). The van der Waals surface area contributed by atoms with Crippen LogP contribution in [0.5, 0.6) is 0 Å². The average Bonchev–Trinajstić information content (AvgIpc) is 2.25. The van der Waals surface area contributed by atoms with Crippen LogP contribution >= 0.6 is 15.9 Å². The number of rotatable bonds is 1. The molecule has 0 fully saturated rings. The number of aliphatic imine (C=N–C) groups is 1. The summed E-state index contributed by atoms with van der Waals surface area (Å²) in [5.41, 5.74) is 11.5. The minimum atomic E-state index is -0.295. The third-order valence-corrected chi connectivity index (χ3v) is 2.35. The molecule has 1 unspecified atom stereocenters. The van der Waals surface area contributed by atoms with Gasteiger partial charge in [-0.25, -0.2) is 0 Å². The average molecular weight is 269 g/mol. The molecule has 0 saturated carbocycles. The zero-order chi connectivity index (χ0) is 11.5. The lowest BCUT2D eigenvalue weighted by atomic mass is 10.1. The molecule has 0 spiro atoms. The second-order valence-corrected chi connectivity index (χ2v) is 5.06. The summed E-state index contributed by atoms with van der Waals surface area (Å²) in [6.07, 6.45) is 9.48. The van der Waals surface area contributed by atoms with Gasteiger partial charge in [-0.3, -0.25) is 5.41 Å². The molecule has 1 aliphatic rings. The van der Waals surface area contributed by atoms with E-state index in [1.165, 1.54) is 0 Å². The summed E-state index contributed by atoms with van der Waals surface area (Å²) in [6.45, 7) is 2.01. The summed E-state index contributed by atoms with van der Waals surface area (Å²) < 4.78 is -0.179. The second-order valence-electron chi connectivity index (χ2n) is 3.35. The molecule has 0 aromatic carbocycles. The maximum Gasteiger partial charge on any atom is 0.214 e. The van der Waals surface area contributed by atoms with Crippen LogP contribution in [0.3, 0.4) is 0 Å². The third-order valence-electron chi connectivity index (χ3n) is 1.82. The van der Waals surface area contributed by atoms with E-state index in [0.29, 0.717) is 0 Å². The van der Waals surface area contributed by atoms with Gasteiger partial charge in [-0.05, 0) is 6.92 Å². The lowest BCUT2D eigenvalue weighted by molar-refractivity contribution is 1.03. The largest absolute Gasteiger partial charge is 0.383 e. The number of halogens is 1. The zero-order valence-corrected chi connectivity index (χ0v) is 9.95. The molecule has 5 N–H and O–H groups in total. The number of hydrogen-bond donors (Lipinski definition) is 3. The maximum atomic E-state index is 7.01. The van der Waals surface area contributed by atoms with Gasteiger partial charge in [0.25, 0.3) is 0 Å². The van der Waals surface area contributed by atoms with Crippen molar-refractivity contribution < 1.29 is 0 Å². The number of nitrogens with zero attached hydrogens (tertiary/aromatic N) is 1. The number of nitrogens with one attached hydrogen (secondary N) is 1. The smallest absolute Gasteiger partial charge is 0.214 e. The van der Waals surface area contributed by atoms with E-state index < -0.39 is 0 Å². The molecule has 0 aliphatic heterocycles. The Balaban J connectivity index is 2.96. The second kappa shape index (κ2) is 4.44. The molecule has 0 heterocycles. The Morgan fingerprint density at radius 3 is 2.73 bits per heavy atom. The Morgan fingerprint density at radius 2 is 2.13 bits per heavy atom. The van der Waals surface area contributed by atoms with Crippen molar-refractivity contribution in [1.29, 1.82) is 5.41 Å². The van der Waals surface area contributed by atoms with Crippen LogP contribution in [0.1, 0.15) is 6.92 Å². The van der Waals surface area contributed by atoms with Crippen LogP contribution in [0.15, 0.2) is 40.9 Å². The fourth-order valence-corrected chi connectivity index (χ4v) is 1.35. The minimum absolute atomic E-state index is 0.179. The first kappa shape index (κ1) is 11.7. The summed E-state index contributed by atoms with van der Waals surface area (Å²) in [5, 5.41) is 7.01. The van der Waals surface area contributed by atoms with E-state index in [1.54, 1.807) is 0 Å². The van der Waals surface area contributed by atoms with Gasteiger partial charge >= 0.3 is 0 Å². The Kier molecular flexibility index (Phi) is 3.47. The molecule has 80 valence electrons. The molecule has 0 bridgehead atoms. The number of allylic oxidation sites excluding steroid dienone is 4. The number of amidine groups is 1. The predicted molar refractivity (Wildman–Crippen MR) is 67.2 cm³/mol. The van der Waals surface area contributed by atoms with E-state index in [0.717, 1.165) is 5.57 Å². The Labute approximate surface area is 97.1 Å². The van der Waals surface area contributed by atoms with E-state index in [1.807, 2.05) is 37.3 Å². The van der Waals surface area contributed by atoms with Gasteiger partial charge in [0.05, 0.1) is 4.32 Å². The van der Waals surface area contributed by atoms with Crippen LogP contribution in [-0.2, 0) is 0 Å². The Bertz CT molecular complexity index is 388. The summed E-state index contributed by atoms with van der Waals surface area (Å²) in [7, 11) is 0. The van der Waals surface area contributed by atoms with Crippen molar-refractivity contribution in [3.63, 3.8) is 0 Å². The number of guanidine groups is 1. The fourth-order valence-electron chi connectivity index (χ4n) is 1.07. The fraction of sp³-hybridized carbons (Fsp3) is 0.200. The molecule has 15 heavy (non-hydrogen) atoms. The van der Waals surface area contributed by atoms with E-state index in [2.05, 4.69) is 20.9 Å². The van der Waals surface area contributed by atoms with Crippen molar-refractivity contribution in [2.24, 2.45) is 16.5 Å². The molecule has 0 saturated heterocycles. The third kappa shape index (κ3) is 3.71. The van der Waals surface area contributed by atoms with Gasteiger partial charge in [0, 0.05) is 5.57 Å². The van der Waals surface area contributed by atoms with Crippen molar-refractivity contribution in [3.8, 4) is 0 Å². The standard InChI is InChI=1S/C10H13BrN4/c1-10(11)5-2-3-7(4-6-10)8(12)15-9(13)14/h2-6H,1H3,(H5,12,13,14,15). The minimum Gasteiger partial charge on any atom is -0.383 e. The molecule has 0 aromatic rings. The Hall–Kier alpha value is -1.36. The maximum absolute atomic E-state index is 7.01. The molecule has 1 atom stereocenters. The number of nitrogens with two attached hydrogens (primary N) is 2. The summed E-state index contributed by atoms with van der Waals surface area (Å²) in [4.78, 5) is 3.68. The summed E-state index contributed by atoms with van der Waals surface area (Å²) in [6, 6.07) is 0. The van der Waals surface area contributed by atoms with Gasteiger partial charge in [-0.15, -0.1) is 0 Å². The van der Waals surface area contributed by atoms with E-state index in [4.69, 9.17) is 16.9 Å². The van der Waals surface area contributed by atoms with E-state index >= 15 is 0 Å². The van der Waals surface area contributed by atoms with Gasteiger partial charge in [0.15, 0.2) is 0 Å². The van der Waals surface area contributed by atoms with Crippen LogP contribution in [0.2, 0.25) is 0 Å². The highest BCUT2D eigenvalue weighted by Crippen LogP contribution is 2.23. The van der Waals surface area contributed by atoms with Crippen LogP contribution in [0.4, 0.5) is 0 Å². The molecular weight excluding hydrogens is 256 g/mol. The number of hydrogen-bond acceptors (Lipinski definition) is 1. The number of alkyl halides is 1. The quantitative estimate of drug-likeness (QED) is 0.382. The highest BCUT2D eigenvalue weighted by atomic mass is 79.9. The topological polar surface area (TPSA) is 88.2 Å². The molecule has 1 aliphatic carbocycles. The van der Waals surface area contributed by atoms with Crippen LogP contribution in [0, 0.1) is 5.41 Å². The first-order valence-electron chi connectivity index (χ1n) is 4.37. The van der Waals surface area contributed by atoms with Gasteiger partial charge in [-0.2, -0.15) is 4.99 Å². The first-order chi connectivity index (χ1) is 6.91. The SMILES string of the molecule is CC1(Br)C=CC=C(C(N)=NC(=N)N)C=C1. The van der Waals surface area contributed by atoms with Gasteiger partial charge < -0.3 is 11.5 Å². The van der Waals surface area contributed by atoms with E-state index in [-0.39, 0.29) is 16.1 Å². The molecule has 4 nitrogen and oxygen atoms in total. The van der Waals surface area contributed by atoms with Gasteiger partial charge in [0.2, 0.25) is 5.96 Å². The van der Waals surface area contributed by atoms with Crippen LogP contribution in [-0.4, -0.2) is 16.1 Å². The Morgan fingerprint density at radius 1 is 1.47 bits per heavy atom. The van der Waals surface area contributed by atoms with Crippen molar-refractivity contribution in [2.75, 3.05) is 0 Å². The molecular formula is C10H13BrN4. The first-order valence-corrected chi connectivity index (χ1v) is 5.16. The zero-order valence-electron chi connectivity index (χ0n) is 8.37. The van der Waals surface area contributed by atoms with Crippen LogP contribution < -0.4 is 11.5 Å². The van der Waals surface area contributed by atoms with Gasteiger partial charge in [-0.1, -0.05) is 46.3 Å². The van der Waals surface area contributed by atoms with Crippen molar-refractivity contribution in [1.82, 2.24) is 0 Å². The normalized spacial score (nSPS) is 26.0. The lowest BCUT2D eigenvalue weighted by Gasteiger charge is -2.09. The highest BCUT2D eigenvalue weighted by molar-refractivity contribution is 9.10. The van der Waals surface area contributed by atoms with Crippen molar-refractivity contribution in [2.45, 2.75) is 11.2 Å². The highest BCUT2D eigenvalue weighted by Gasteiger charge is 2.13.